The van der Waals surface area contributed by atoms with Crippen LogP contribution < -0.4 is 9.47 Å². The van der Waals surface area contributed by atoms with E-state index in [4.69, 9.17) is 9.47 Å². The van der Waals surface area contributed by atoms with E-state index in [1.165, 1.54) is 12.8 Å². The van der Waals surface area contributed by atoms with E-state index in [9.17, 15) is 4.79 Å². The molecule has 0 unspecified atom stereocenters. The van der Waals surface area contributed by atoms with Gasteiger partial charge in [-0.2, -0.15) is 0 Å². The predicted molar refractivity (Wildman–Crippen MR) is 103 cm³/mol. The van der Waals surface area contributed by atoms with Crippen molar-refractivity contribution in [3.8, 4) is 22.6 Å². The topological polar surface area (TPSA) is 42.0 Å². The minimum Gasteiger partial charge on any atom is -0.454 e. The molecule has 1 amide bonds. The van der Waals surface area contributed by atoms with E-state index in [-0.39, 0.29) is 12.7 Å². The van der Waals surface area contributed by atoms with Crippen LogP contribution in [0.4, 0.5) is 0 Å². The summed E-state index contributed by atoms with van der Waals surface area (Å²) >= 11 is 0. The maximum Gasteiger partial charge on any atom is 0.253 e. The Kier molecular flexibility index (Phi) is 4.05. The lowest BCUT2D eigenvalue weighted by atomic mass is 9.96. The highest BCUT2D eigenvalue weighted by Crippen LogP contribution is 2.36. The number of piperidine rings is 1. The van der Waals surface area contributed by atoms with Crippen molar-refractivity contribution in [3.05, 3.63) is 48.0 Å². The molecule has 3 fully saturated rings. The van der Waals surface area contributed by atoms with Crippen molar-refractivity contribution in [2.24, 2.45) is 5.92 Å². The molecule has 2 atom stereocenters. The van der Waals surface area contributed by atoms with Crippen LogP contribution in [0.1, 0.15) is 23.2 Å². The average Bonchev–Trinajstić information content (AvgIpc) is 2.99. The minimum atomic E-state index is 0.143. The zero-order valence-corrected chi connectivity index (χ0v) is 15.6. The van der Waals surface area contributed by atoms with Gasteiger partial charge in [-0.15, -0.1) is 0 Å². The molecular formula is C22H24N2O3. The van der Waals surface area contributed by atoms with Crippen LogP contribution in [0.2, 0.25) is 0 Å². The van der Waals surface area contributed by atoms with E-state index >= 15 is 0 Å². The maximum absolute atomic E-state index is 13.2. The number of benzene rings is 2. The summed E-state index contributed by atoms with van der Waals surface area (Å²) in [4.78, 5) is 17.7. The molecule has 0 N–H and O–H groups in total. The second kappa shape index (κ2) is 6.57. The third-order valence-corrected chi connectivity index (χ3v) is 6.09. The summed E-state index contributed by atoms with van der Waals surface area (Å²) in [5, 5.41) is 0. The van der Waals surface area contributed by atoms with Gasteiger partial charge in [0.1, 0.15) is 0 Å². The maximum atomic E-state index is 13.2. The molecule has 0 aromatic heterocycles. The number of ether oxygens (including phenoxy) is 2. The first-order valence-electron chi connectivity index (χ1n) is 9.67. The standard InChI is InChI=1S/C22H24N2O3/c1-23-11-15-5-7-19(23)13-24(12-15)22(25)18-4-2-3-16(9-18)17-6-8-20-21(10-17)27-14-26-20/h2-4,6,8-10,15,19H,5,7,11-14H2,1H3/t15-,19-/m0/s1. The van der Waals surface area contributed by atoms with Crippen LogP contribution >= 0.6 is 0 Å². The SMILES string of the molecule is CN1C[C@@H]2CC[C@H]1CN(C(=O)c1cccc(-c3ccc4c(c3)OCO4)c1)C2. The average molecular weight is 364 g/mol. The number of hydrogen-bond donors (Lipinski definition) is 0. The van der Waals surface area contributed by atoms with Gasteiger partial charge in [-0.05, 0) is 61.2 Å². The summed E-state index contributed by atoms with van der Waals surface area (Å²) in [6.07, 6.45) is 2.43. The highest BCUT2D eigenvalue weighted by Gasteiger charge is 2.34. The second-order valence-corrected chi connectivity index (χ2v) is 7.90. The van der Waals surface area contributed by atoms with Crippen molar-refractivity contribution >= 4 is 5.91 Å². The fourth-order valence-electron chi connectivity index (χ4n) is 4.57. The summed E-state index contributed by atoms with van der Waals surface area (Å²) in [5.41, 5.74) is 2.81. The van der Waals surface area contributed by atoms with Gasteiger partial charge in [0.15, 0.2) is 11.5 Å². The third-order valence-electron chi connectivity index (χ3n) is 6.09. The molecule has 4 heterocycles. The van der Waals surface area contributed by atoms with Gasteiger partial charge < -0.3 is 19.3 Å². The number of fused-ring (bicyclic) bond motifs is 5. The van der Waals surface area contributed by atoms with Gasteiger partial charge in [0, 0.05) is 31.2 Å². The Morgan fingerprint density at radius 1 is 0.963 bits per heavy atom. The van der Waals surface area contributed by atoms with Crippen molar-refractivity contribution in [2.75, 3.05) is 33.5 Å². The Hall–Kier alpha value is -2.53. The Labute approximate surface area is 159 Å². The number of nitrogens with zero attached hydrogens (tertiary/aromatic N) is 2. The first-order chi connectivity index (χ1) is 13.2. The normalized spacial score (nSPS) is 24.1. The molecule has 0 spiro atoms. The largest absolute Gasteiger partial charge is 0.454 e. The van der Waals surface area contributed by atoms with Gasteiger partial charge in [0.25, 0.3) is 5.91 Å². The molecule has 3 saturated heterocycles. The summed E-state index contributed by atoms with van der Waals surface area (Å²) < 4.78 is 10.9. The number of rotatable bonds is 2. The fourth-order valence-corrected chi connectivity index (χ4v) is 4.57. The van der Waals surface area contributed by atoms with E-state index < -0.39 is 0 Å². The van der Waals surface area contributed by atoms with E-state index in [0.717, 1.165) is 47.8 Å². The van der Waals surface area contributed by atoms with Crippen LogP contribution in [0.3, 0.4) is 0 Å². The molecule has 0 radical (unpaired) electrons. The summed E-state index contributed by atoms with van der Waals surface area (Å²) in [5.74, 6) is 2.27. The molecule has 140 valence electrons. The Morgan fingerprint density at radius 3 is 2.70 bits per heavy atom. The monoisotopic (exact) mass is 364 g/mol. The molecular weight excluding hydrogens is 340 g/mol. The quantitative estimate of drug-likeness (QED) is 0.820. The molecule has 0 aliphatic carbocycles. The molecule has 27 heavy (non-hydrogen) atoms. The van der Waals surface area contributed by atoms with Gasteiger partial charge in [-0.1, -0.05) is 18.2 Å². The summed E-state index contributed by atoms with van der Waals surface area (Å²) in [6.45, 7) is 3.07. The molecule has 4 aliphatic rings. The van der Waals surface area contributed by atoms with Gasteiger partial charge in [-0.3, -0.25) is 4.79 Å². The highest BCUT2D eigenvalue weighted by atomic mass is 16.7. The Bertz CT molecular complexity index is 882. The molecule has 2 bridgehead atoms. The lowest BCUT2D eigenvalue weighted by molar-refractivity contribution is 0.0742. The van der Waals surface area contributed by atoms with E-state index in [2.05, 4.69) is 16.8 Å². The highest BCUT2D eigenvalue weighted by molar-refractivity contribution is 5.95. The van der Waals surface area contributed by atoms with Crippen LogP contribution in [-0.2, 0) is 0 Å². The van der Waals surface area contributed by atoms with E-state index in [1.54, 1.807) is 0 Å². The molecule has 2 aromatic rings. The molecule has 4 aliphatic heterocycles. The van der Waals surface area contributed by atoms with Gasteiger partial charge in [0.2, 0.25) is 6.79 Å². The molecule has 5 nitrogen and oxygen atoms in total. The number of carbonyl (C=O) groups excluding carboxylic acids is 1. The summed E-state index contributed by atoms with van der Waals surface area (Å²) in [7, 11) is 2.19. The zero-order chi connectivity index (χ0) is 18.4. The van der Waals surface area contributed by atoms with Crippen LogP contribution in [-0.4, -0.2) is 55.2 Å². The van der Waals surface area contributed by atoms with Crippen molar-refractivity contribution < 1.29 is 14.3 Å². The summed E-state index contributed by atoms with van der Waals surface area (Å²) in [6, 6.07) is 14.3. The smallest absolute Gasteiger partial charge is 0.253 e. The molecule has 2 aromatic carbocycles. The molecule has 5 heteroatoms. The fraction of sp³-hybridized carbons (Fsp3) is 0.409. The first kappa shape index (κ1) is 16.6. The van der Waals surface area contributed by atoms with Gasteiger partial charge >= 0.3 is 0 Å². The Balaban J connectivity index is 1.41. The molecule has 6 rings (SSSR count). The third kappa shape index (κ3) is 3.06. The van der Waals surface area contributed by atoms with Crippen LogP contribution in [0.5, 0.6) is 11.5 Å². The van der Waals surface area contributed by atoms with Gasteiger partial charge in [-0.25, -0.2) is 0 Å². The lowest BCUT2D eigenvalue weighted by Crippen LogP contribution is -2.41. The predicted octanol–water partition coefficient (Wildman–Crippen LogP) is 3.25. The number of hydrogen-bond acceptors (Lipinski definition) is 4. The van der Waals surface area contributed by atoms with Crippen molar-refractivity contribution in [2.45, 2.75) is 18.9 Å². The van der Waals surface area contributed by atoms with Crippen molar-refractivity contribution in [1.82, 2.24) is 9.80 Å². The Morgan fingerprint density at radius 2 is 1.81 bits per heavy atom. The van der Waals surface area contributed by atoms with Crippen LogP contribution in [0, 0.1) is 5.92 Å². The van der Waals surface area contributed by atoms with Crippen LogP contribution in [0.25, 0.3) is 11.1 Å². The van der Waals surface area contributed by atoms with Gasteiger partial charge in [0.05, 0.1) is 0 Å². The second-order valence-electron chi connectivity index (χ2n) is 7.90. The number of amides is 1. The lowest BCUT2D eigenvalue weighted by Gasteiger charge is -2.32. The van der Waals surface area contributed by atoms with Crippen molar-refractivity contribution in [1.29, 1.82) is 0 Å². The zero-order valence-electron chi connectivity index (χ0n) is 15.6. The van der Waals surface area contributed by atoms with Crippen molar-refractivity contribution in [3.63, 3.8) is 0 Å². The first-order valence-corrected chi connectivity index (χ1v) is 9.67. The molecule has 0 saturated carbocycles. The van der Waals surface area contributed by atoms with Crippen LogP contribution in [0.15, 0.2) is 42.5 Å². The van der Waals surface area contributed by atoms with E-state index in [0.29, 0.717) is 12.0 Å². The number of carbonyl (C=O) groups is 1. The number of likely N-dealkylation sites (N-methyl/N-ethyl adjacent to an activating group) is 1. The minimum absolute atomic E-state index is 0.143. The van der Waals surface area contributed by atoms with E-state index in [1.807, 2.05) is 42.5 Å².